The summed E-state index contributed by atoms with van der Waals surface area (Å²) in [4.78, 5) is 0.749. The third kappa shape index (κ3) is 3.61. The maximum atomic E-state index is 12.9. The first-order valence-electron chi connectivity index (χ1n) is 5.71. The van der Waals surface area contributed by atoms with Gasteiger partial charge in [0.1, 0.15) is 0 Å². The third-order valence-corrected chi connectivity index (χ3v) is 4.22. The van der Waals surface area contributed by atoms with Gasteiger partial charge in [0.2, 0.25) is 0 Å². The van der Waals surface area contributed by atoms with Crippen molar-refractivity contribution in [2.24, 2.45) is 0 Å². The molecule has 0 bridgehead atoms. The summed E-state index contributed by atoms with van der Waals surface area (Å²) in [7, 11) is 0. The van der Waals surface area contributed by atoms with Crippen molar-refractivity contribution in [2.45, 2.75) is 16.8 Å². The second-order valence-electron chi connectivity index (χ2n) is 4.13. The number of anilines is 1. The van der Waals surface area contributed by atoms with Crippen LogP contribution in [0.25, 0.3) is 0 Å². The van der Waals surface area contributed by atoms with E-state index in [1.165, 1.54) is 23.9 Å². The largest absolute Gasteiger partial charge is 0.416 e. The molecule has 0 aliphatic carbocycles. The molecule has 20 heavy (non-hydrogen) atoms. The number of hydrogen-bond acceptors (Lipinski definition) is 2. The average molecular weight is 318 g/mol. The molecule has 0 aliphatic heterocycles. The average Bonchev–Trinajstić information content (AvgIpc) is 2.38. The van der Waals surface area contributed by atoms with Crippen LogP contribution in [0.4, 0.5) is 18.9 Å². The van der Waals surface area contributed by atoms with Gasteiger partial charge >= 0.3 is 6.18 Å². The first-order valence-corrected chi connectivity index (χ1v) is 7.07. The Morgan fingerprint density at radius 2 is 1.80 bits per heavy atom. The van der Waals surface area contributed by atoms with Crippen molar-refractivity contribution >= 4 is 29.1 Å². The van der Waals surface area contributed by atoms with Crippen LogP contribution in [0.5, 0.6) is 0 Å². The van der Waals surface area contributed by atoms with Gasteiger partial charge in [-0.05, 0) is 29.8 Å². The van der Waals surface area contributed by atoms with Crippen LogP contribution < -0.4 is 5.73 Å². The fourth-order valence-corrected chi connectivity index (χ4v) is 2.94. The van der Waals surface area contributed by atoms with E-state index in [2.05, 4.69) is 0 Å². The van der Waals surface area contributed by atoms with Crippen LogP contribution in [0.1, 0.15) is 11.1 Å². The number of halogens is 4. The SMILES string of the molecule is Nc1ccc(CSc2ccccc2Cl)c(C(F)(F)F)c1. The molecule has 0 unspecified atom stereocenters. The van der Waals surface area contributed by atoms with Crippen LogP contribution in [0.3, 0.4) is 0 Å². The molecule has 0 spiro atoms. The fraction of sp³-hybridized carbons (Fsp3) is 0.143. The van der Waals surface area contributed by atoms with Crippen molar-refractivity contribution in [1.82, 2.24) is 0 Å². The Morgan fingerprint density at radius 1 is 1.10 bits per heavy atom. The van der Waals surface area contributed by atoms with E-state index < -0.39 is 11.7 Å². The predicted molar refractivity (Wildman–Crippen MR) is 76.9 cm³/mol. The van der Waals surface area contributed by atoms with Gasteiger partial charge in [0, 0.05) is 16.3 Å². The zero-order valence-electron chi connectivity index (χ0n) is 10.2. The summed E-state index contributed by atoms with van der Waals surface area (Å²) in [6, 6.07) is 10.9. The maximum Gasteiger partial charge on any atom is 0.416 e. The Labute approximate surface area is 123 Å². The summed E-state index contributed by atoms with van der Waals surface area (Å²) in [5, 5.41) is 0.529. The first-order chi connectivity index (χ1) is 9.38. The van der Waals surface area contributed by atoms with E-state index in [0.29, 0.717) is 5.02 Å². The lowest BCUT2D eigenvalue weighted by Gasteiger charge is -2.13. The Kier molecular flexibility index (Phi) is 4.50. The van der Waals surface area contributed by atoms with Gasteiger partial charge in [0.15, 0.2) is 0 Å². The van der Waals surface area contributed by atoms with Crippen LogP contribution in [-0.2, 0) is 11.9 Å². The van der Waals surface area contributed by atoms with Gasteiger partial charge in [0.05, 0.1) is 10.6 Å². The smallest absolute Gasteiger partial charge is 0.399 e. The summed E-state index contributed by atoms with van der Waals surface area (Å²) >= 11 is 7.25. The Bertz CT molecular complexity index is 614. The van der Waals surface area contributed by atoms with Crippen LogP contribution >= 0.6 is 23.4 Å². The number of benzene rings is 2. The Balaban J connectivity index is 2.24. The van der Waals surface area contributed by atoms with E-state index >= 15 is 0 Å². The van der Waals surface area contributed by atoms with E-state index in [9.17, 15) is 13.2 Å². The summed E-state index contributed by atoms with van der Waals surface area (Å²) in [5.74, 6) is 0.179. The lowest BCUT2D eigenvalue weighted by Crippen LogP contribution is -2.09. The van der Waals surface area contributed by atoms with E-state index in [-0.39, 0.29) is 17.0 Å². The minimum atomic E-state index is -4.41. The van der Waals surface area contributed by atoms with Crippen LogP contribution in [0.2, 0.25) is 5.02 Å². The maximum absolute atomic E-state index is 12.9. The van der Waals surface area contributed by atoms with Crippen molar-refractivity contribution in [3.63, 3.8) is 0 Å². The third-order valence-electron chi connectivity index (χ3n) is 2.66. The van der Waals surface area contributed by atoms with E-state index in [4.69, 9.17) is 17.3 Å². The molecule has 1 nitrogen and oxygen atoms in total. The molecule has 6 heteroatoms. The molecule has 2 N–H and O–H groups in total. The van der Waals surface area contributed by atoms with Gasteiger partial charge in [-0.2, -0.15) is 13.2 Å². The minimum Gasteiger partial charge on any atom is -0.399 e. The van der Waals surface area contributed by atoms with Crippen molar-refractivity contribution in [3.05, 3.63) is 58.6 Å². The molecular formula is C14H11ClF3NS. The molecule has 0 heterocycles. The molecule has 106 valence electrons. The van der Waals surface area contributed by atoms with Crippen molar-refractivity contribution in [1.29, 1.82) is 0 Å². The Hall–Kier alpha value is -1.33. The zero-order chi connectivity index (χ0) is 14.8. The summed E-state index contributed by atoms with van der Waals surface area (Å²) in [6.45, 7) is 0. The van der Waals surface area contributed by atoms with E-state index in [0.717, 1.165) is 11.0 Å². The fourth-order valence-electron chi connectivity index (χ4n) is 1.70. The lowest BCUT2D eigenvalue weighted by atomic mass is 10.1. The van der Waals surface area contributed by atoms with Crippen molar-refractivity contribution in [3.8, 4) is 0 Å². The highest BCUT2D eigenvalue weighted by Crippen LogP contribution is 2.37. The zero-order valence-corrected chi connectivity index (χ0v) is 11.8. The predicted octanol–water partition coefficient (Wildman–Crippen LogP) is 5.23. The Morgan fingerprint density at radius 3 is 2.45 bits per heavy atom. The van der Waals surface area contributed by atoms with E-state index in [1.54, 1.807) is 24.3 Å². The molecule has 0 aromatic heterocycles. The standard InChI is InChI=1S/C14H11ClF3NS/c15-12-3-1-2-4-13(12)20-8-9-5-6-10(19)7-11(9)14(16,17)18/h1-7H,8,19H2. The highest BCUT2D eigenvalue weighted by Gasteiger charge is 2.33. The molecular weight excluding hydrogens is 307 g/mol. The second kappa shape index (κ2) is 5.97. The van der Waals surface area contributed by atoms with Crippen LogP contribution in [-0.4, -0.2) is 0 Å². The van der Waals surface area contributed by atoms with Gasteiger partial charge in [0.25, 0.3) is 0 Å². The number of nitrogens with two attached hydrogens (primary N) is 1. The first kappa shape index (κ1) is 15.1. The van der Waals surface area contributed by atoms with Gasteiger partial charge < -0.3 is 5.73 Å². The summed E-state index contributed by atoms with van der Waals surface area (Å²) in [6.07, 6.45) is -4.41. The van der Waals surface area contributed by atoms with Gasteiger partial charge in [-0.3, -0.25) is 0 Å². The second-order valence-corrected chi connectivity index (χ2v) is 5.56. The quantitative estimate of drug-likeness (QED) is 0.619. The van der Waals surface area contributed by atoms with E-state index in [1.807, 2.05) is 0 Å². The van der Waals surface area contributed by atoms with Crippen molar-refractivity contribution in [2.75, 3.05) is 5.73 Å². The number of hydrogen-bond donors (Lipinski definition) is 1. The molecule has 0 saturated heterocycles. The lowest BCUT2D eigenvalue weighted by molar-refractivity contribution is -0.138. The number of thioether (sulfide) groups is 1. The molecule has 2 rings (SSSR count). The molecule has 0 amide bonds. The molecule has 2 aromatic rings. The monoisotopic (exact) mass is 317 g/mol. The highest BCUT2D eigenvalue weighted by atomic mass is 35.5. The number of rotatable bonds is 3. The topological polar surface area (TPSA) is 26.0 Å². The van der Waals surface area contributed by atoms with Crippen molar-refractivity contribution < 1.29 is 13.2 Å². The summed E-state index contributed by atoms with van der Waals surface area (Å²) in [5.41, 5.74) is 5.02. The van der Waals surface area contributed by atoms with Gasteiger partial charge in [-0.25, -0.2) is 0 Å². The minimum absolute atomic E-state index is 0.101. The molecule has 0 aliphatic rings. The van der Waals surface area contributed by atoms with Gasteiger partial charge in [-0.1, -0.05) is 29.8 Å². The molecule has 0 atom stereocenters. The normalized spacial score (nSPS) is 11.6. The van der Waals surface area contributed by atoms with Crippen LogP contribution in [0.15, 0.2) is 47.4 Å². The summed E-state index contributed by atoms with van der Waals surface area (Å²) < 4.78 is 38.8. The highest BCUT2D eigenvalue weighted by molar-refractivity contribution is 7.98. The van der Waals surface area contributed by atoms with Crippen LogP contribution in [0, 0.1) is 0 Å². The van der Waals surface area contributed by atoms with Gasteiger partial charge in [-0.15, -0.1) is 11.8 Å². The molecule has 0 fully saturated rings. The molecule has 0 radical (unpaired) electrons. The molecule has 0 saturated carbocycles. The molecule has 2 aromatic carbocycles. The number of nitrogen functional groups attached to an aromatic ring is 1. The number of alkyl halides is 3.